The molecule has 1 aromatic carbocycles. The second-order valence-corrected chi connectivity index (χ2v) is 4.96. The third-order valence-corrected chi connectivity index (χ3v) is 4.08. The van der Waals surface area contributed by atoms with Gasteiger partial charge in [0, 0.05) is 0 Å². The van der Waals surface area contributed by atoms with Gasteiger partial charge >= 0.3 is 0 Å². The molecule has 0 amide bonds. The lowest BCUT2D eigenvalue weighted by molar-refractivity contribution is 0.342. The molecule has 2 fully saturated rings. The van der Waals surface area contributed by atoms with E-state index in [1.807, 2.05) is 12.1 Å². The molecule has 0 radical (unpaired) electrons. The first-order chi connectivity index (χ1) is 7.30. The molecule has 80 valence electrons. The van der Waals surface area contributed by atoms with Crippen LogP contribution in [0.15, 0.2) is 24.3 Å². The van der Waals surface area contributed by atoms with Gasteiger partial charge in [0.05, 0.1) is 0 Å². The third kappa shape index (κ3) is 1.53. The van der Waals surface area contributed by atoms with Crippen LogP contribution in [0.1, 0.15) is 30.7 Å². The Morgan fingerprint density at radius 2 is 1.80 bits per heavy atom. The molecular weight excluding hydrogens is 186 g/mol. The SMILES string of the molecule is Oc1ccc(C2CC23CCNCC3)cc1. The smallest absolute Gasteiger partial charge is 0.115 e. The number of phenols is 1. The van der Waals surface area contributed by atoms with E-state index in [1.54, 1.807) is 0 Å². The van der Waals surface area contributed by atoms with E-state index in [0.29, 0.717) is 11.2 Å². The summed E-state index contributed by atoms with van der Waals surface area (Å²) in [6, 6.07) is 7.78. The predicted molar refractivity (Wildman–Crippen MR) is 60.0 cm³/mol. The molecule has 1 spiro atoms. The zero-order valence-corrected chi connectivity index (χ0v) is 8.87. The van der Waals surface area contributed by atoms with Gasteiger partial charge in [-0.3, -0.25) is 0 Å². The summed E-state index contributed by atoms with van der Waals surface area (Å²) in [5.41, 5.74) is 2.01. The maximum Gasteiger partial charge on any atom is 0.115 e. The van der Waals surface area contributed by atoms with E-state index in [0.717, 1.165) is 5.92 Å². The first-order valence-corrected chi connectivity index (χ1v) is 5.80. The van der Waals surface area contributed by atoms with E-state index < -0.39 is 0 Å². The molecule has 2 nitrogen and oxygen atoms in total. The molecule has 1 aliphatic heterocycles. The van der Waals surface area contributed by atoms with E-state index >= 15 is 0 Å². The number of hydrogen-bond donors (Lipinski definition) is 2. The first kappa shape index (κ1) is 9.22. The third-order valence-electron chi connectivity index (χ3n) is 4.08. The molecule has 0 aromatic heterocycles. The molecule has 0 bridgehead atoms. The number of nitrogens with one attached hydrogen (secondary N) is 1. The fourth-order valence-electron chi connectivity index (χ4n) is 3.00. The summed E-state index contributed by atoms with van der Waals surface area (Å²) in [5.74, 6) is 1.12. The van der Waals surface area contributed by atoms with Gasteiger partial charge in [0.15, 0.2) is 0 Å². The molecule has 1 unspecified atom stereocenters. The summed E-state index contributed by atoms with van der Waals surface area (Å²) in [6.07, 6.45) is 3.98. The van der Waals surface area contributed by atoms with Gasteiger partial charge in [0.1, 0.15) is 5.75 Å². The second-order valence-electron chi connectivity index (χ2n) is 4.96. The van der Waals surface area contributed by atoms with Crippen molar-refractivity contribution in [2.45, 2.75) is 25.2 Å². The van der Waals surface area contributed by atoms with Crippen LogP contribution in [0.25, 0.3) is 0 Å². The highest BCUT2D eigenvalue weighted by Crippen LogP contribution is 2.64. The zero-order chi connectivity index (χ0) is 10.3. The molecule has 1 atom stereocenters. The van der Waals surface area contributed by atoms with Crippen LogP contribution in [-0.2, 0) is 0 Å². The Balaban J connectivity index is 1.77. The minimum absolute atomic E-state index is 0.374. The molecule has 1 aliphatic carbocycles. The van der Waals surface area contributed by atoms with E-state index in [4.69, 9.17) is 0 Å². The van der Waals surface area contributed by atoms with Crippen molar-refractivity contribution in [2.75, 3.05) is 13.1 Å². The van der Waals surface area contributed by atoms with E-state index in [9.17, 15) is 5.11 Å². The van der Waals surface area contributed by atoms with Crippen LogP contribution in [-0.4, -0.2) is 18.2 Å². The van der Waals surface area contributed by atoms with Gasteiger partial charge in [0.2, 0.25) is 0 Å². The molecule has 1 saturated carbocycles. The molecular formula is C13H17NO. The predicted octanol–water partition coefficient (Wildman–Crippen LogP) is 2.25. The largest absolute Gasteiger partial charge is 0.508 e. The van der Waals surface area contributed by atoms with Gasteiger partial charge in [-0.2, -0.15) is 0 Å². The highest BCUT2D eigenvalue weighted by Gasteiger charge is 2.54. The summed E-state index contributed by atoms with van der Waals surface area (Å²) >= 11 is 0. The van der Waals surface area contributed by atoms with E-state index in [1.165, 1.54) is 37.9 Å². The maximum absolute atomic E-state index is 9.25. The van der Waals surface area contributed by atoms with E-state index in [-0.39, 0.29) is 0 Å². The molecule has 3 rings (SSSR count). The average molecular weight is 203 g/mol. The van der Waals surface area contributed by atoms with Gasteiger partial charge < -0.3 is 10.4 Å². The van der Waals surface area contributed by atoms with Crippen molar-refractivity contribution in [1.29, 1.82) is 0 Å². The standard InChI is InChI=1S/C13H17NO/c15-11-3-1-10(2-4-11)12-9-13(12)5-7-14-8-6-13/h1-4,12,14-15H,5-9H2. The van der Waals surface area contributed by atoms with Crippen molar-refractivity contribution in [3.05, 3.63) is 29.8 Å². The van der Waals surface area contributed by atoms with Gasteiger partial charge in [-0.05, 0) is 61.4 Å². The Morgan fingerprint density at radius 1 is 1.13 bits per heavy atom. The van der Waals surface area contributed by atoms with Crippen LogP contribution in [0.5, 0.6) is 5.75 Å². The van der Waals surface area contributed by atoms with Crippen LogP contribution in [0, 0.1) is 5.41 Å². The van der Waals surface area contributed by atoms with Gasteiger partial charge in [-0.15, -0.1) is 0 Å². The Labute approximate surface area is 90.3 Å². The highest BCUT2D eigenvalue weighted by atomic mass is 16.3. The van der Waals surface area contributed by atoms with Gasteiger partial charge in [-0.1, -0.05) is 12.1 Å². The summed E-state index contributed by atoms with van der Waals surface area (Å²) in [4.78, 5) is 0. The van der Waals surface area contributed by atoms with Crippen molar-refractivity contribution < 1.29 is 5.11 Å². The maximum atomic E-state index is 9.25. The number of piperidine rings is 1. The van der Waals surface area contributed by atoms with Gasteiger partial charge in [-0.25, -0.2) is 0 Å². The van der Waals surface area contributed by atoms with Crippen LogP contribution in [0.2, 0.25) is 0 Å². The number of hydrogen-bond acceptors (Lipinski definition) is 2. The number of rotatable bonds is 1. The zero-order valence-electron chi connectivity index (χ0n) is 8.87. The van der Waals surface area contributed by atoms with E-state index in [2.05, 4.69) is 17.4 Å². The Hall–Kier alpha value is -1.02. The van der Waals surface area contributed by atoms with Crippen LogP contribution in [0.4, 0.5) is 0 Å². The summed E-state index contributed by atoms with van der Waals surface area (Å²) in [7, 11) is 0. The minimum atomic E-state index is 0.374. The number of aromatic hydroxyl groups is 1. The Bertz CT molecular complexity index is 351. The Kier molecular flexibility index (Phi) is 1.99. The lowest BCUT2D eigenvalue weighted by atomic mass is 9.89. The normalized spacial score (nSPS) is 27.9. The fourth-order valence-corrected chi connectivity index (χ4v) is 3.00. The van der Waals surface area contributed by atoms with Crippen LogP contribution >= 0.6 is 0 Å². The molecule has 2 heteroatoms. The Morgan fingerprint density at radius 3 is 2.47 bits per heavy atom. The van der Waals surface area contributed by atoms with Crippen molar-refractivity contribution >= 4 is 0 Å². The summed E-state index contributed by atoms with van der Waals surface area (Å²) in [6.45, 7) is 2.35. The number of phenolic OH excluding ortho intramolecular Hbond substituents is 1. The summed E-state index contributed by atoms with van der Waals surface area (Å²) in [5, 5.41) is 12.7. The van der Waals surface area contributed by atoms with Gasteiger partial charge in [0.25, 0.3) is 0 Å². The molecule has 2 N–H and O–H groups in total. The summed E-state index contributed by atoms with van der Waals surface area (Å²) < 4.78 is 0. The van der Waals surface area contributed by atoms with Crippen LogP contribution in [0.3, 0.4) is 0 Å². The highest BCUT2D eigenvalue weighted by molar-refractivity contribution is 5.34. The van der Waals surface area contributed by atoms with Crippen molar-refractivity contribution in [3.63, 3.8) is 0 Å². The monoisotopic (exact) mass is 203 g/mol. The van der Waals surface area contributed by atoms with Crippen LogP contribution < -0.4 is 5.32 Å². The lowest BCUT2D eigenvalue weighted by Crippen LogP contribution is -2.29. The minimum Gasteiger partial charge on any atom is -0.508 e. The van der Waals surface area contributed by atoms with Crippen molar-refractivity contribution in [1.82, 2.24) is 5.32 Å². The molecule has 1 heterocycles. The fraction of sp³-hybridized carbons (Fsp3) is 0.538. The second kappa shape index (κ2) is 3.24. The topological polar surface area (TPSA) is 32.3 Å². The lowest BCUT2D eigenvalue weighted by Gasteiger charge is -2.23. The van der Waals surface area contributed by atoms with Crippen molar-refractivity contribution in [3.8, 4) is 5.75 Å². The van der Waals surface area contributed by atoms with Crippen molar-refractivity contribution in [2.24, 2.45) is 5.41 Å². The molecule has 1 saturated heterocycles. The average Bonchev–Trinajstić information content (AvgIpc) is 2.94. The molecule has 1 aromatic rings. The molecule has 2 aliphatic rings. The quantitative estimate of drug-likeness (QED) is 0.733. The first-order valence-electron chi connectivity index (χ1n) is 5.80. The number of benzene rings is 1. The molecule has 15 heavy (non-hydrogen) atoms.